The Labute approximate surface area is 183 Å². The summed E-state index contributed by atoms with van der Waals surface area (Å²) in [6.45, 7) is 8.22. The lowest BCUT2D eigenvalue weighted by Crippen LogP contribution is -2.28. The van der Waals surface area contributed by atoms with Crippen LogP contribution >= 0.6 is 0 Å². The summed E-state index contributed by atoms with van der Waals surface area (Å²) in [4.78, 5) is 25.3. The average molecular weight is 419 g/mol. The van der Waals surface area contributed by atoms with Crippen molar-refractivity contribution in [1.29, 1.82) is 0 Å². The van der Waals surface area contributed by atoms with Gasteiger partial charge in [0, 0.05) is 0 Å². The maximum atomic E-state index is 13.2. The van der Waals surface area contributed by atoms with Crippen molar-refractivity contribution in [3.05, 3.63) is 63.4 Å². The number of carbonyl (C=O) groups is 1. The van der Waals surface area contributed by atoms with E-state index >= 15 is 0 Å². The molecule has 0 N–H and O–H groups in total. The second-order valence-electron chi connectivity index (χ2n) is 8.63. The summed E-state index contributed by atoms with van der Waals surface area (Å²) >= 11 is 0. The summed E-state index contributed by atoms with van der Waals surface area (Å²) in [5.41, 5.74) is 5.76. The molecule has 1 fully saturated rings. The Morgan fingerprint density at radius 1 is 1.06 bits per heavy atom. The van der Waals surface area contributed by atoms with Gasteiger partial charge in [0.15, 0.2) is 0 Å². The van der Waals surface area contributed by atoms with Crippen LogP contribution in [0.3, 0.4) is 0 Å². The fourth-order valence-electron chi connectivity index (χ4n) is 4.85. The van der Waals surface area contributed by atoms with Crippen molar-refractivity contribution in [3.63, 3.8) is 0 Å². The van der Waals surface area contributed by atoms with E-state index in [4.69, 9.17) is 9.84 Å². The molecule has 3 aromatic rings. The lowest BCUT2D eigenvalue weighted by atomic mass is 9.86. The fourth-order valence-corrected chi connectivity index (χ4v) is 4.85. The van der Waals surface area contributed by atoms with Gasteiger partial charge in [0.1, 0.15) is 5.69 Å². The molecule has 0 spiro atoms. The van der Waals surface area contributed by atoms with Gasteiger partial charge in [-0.3, -0.25) is 14.3 Å². The van der Waals surface area contributed by atoms with Crippen LogP contribution < -0.4 is 5.43 Å². The van der Waals surface area contributed by atoms with Crippen molar-refractivity contribution in [1.82, 2.24) is 9.78 Å². The van der Waals surface area contributed by atoms with Gasteiger partial charge in [-0.15, -0.1) is 0 Å². The maximum absolute atomic E-state index is 13.2. The zero-order chi connectivity index (χ0) is 22.1. The van der Waals surface area contributed by atoms with Crippen molar-refractivity contribution in [2.24, 2.45) is 5.92 Å². The average Bonchev–Trinajstić information content (AvgIpc) is 2.76. The van der Waals surface area contributed by atoms with Crippen molar-refractivity contribution in [3.8, 4) is 11.1 Å². The normalized spacial score (nSPS) is 18.8. The molecule has 1 aliphatic carbocycles. The van der Waals surface area contributed by atoms with E-state index < -0.39 is 0 Å². The molecule has 162 valence electrons. The Balaban J connectivity index is 1.78. The van der Waals surface area contributed by atoms with E-state index in [1.165, 1.54) is 5.56 Å². The third kappa shape index (κ3) is 4.01. The van der Waals surface area contributed by atoms with E-state index in [2.05, 4.69) is 32.0 Å². The van der Waals surface area contributed by atoms with Gasteiger partial charge in [0.05, 0.1) is 29.5 Å². The summed E-state index contributed by atoms with van der Waals surface area (Å²) in [5.74, 6) is -0.124. The first kappa shape index (κ1) is 21.3. The van der Waals surface area contributed by atoms with E-state index in [0.29, 0.717) is 12.3 Å². The molecule has 1 aliphatic rings. The Hall–Kier alpha value is -2.95. The lowest BCUT2D eigenvalue weighted by molar-refractivity contribution is -0.149. The minimum atomic E-state index is -0.0908. The smallest absolute Gasteiger partial charge is 0.308 e. The molecule has 0 unspecified atom stereocenters. The van der Waals surface area contributed by atoms with Crippen LogP contribution in [-0.4, -0.2) is 22.4 Å². The molecule has 5 heteroatoms. The zero-order valence-electron chi connectivity index (χ0n) is 18.8. The SMILES string of the molecule is CCOC(=O)C1CCC(n2nc(C)c(=O)c3c(-c4ccc(C)cc4C)cccc32)CC1. The highest BCUT2D eigenvalue weighted by Gasteiger charge is 2.29. The molecule has 0 bridgehead atoms. The van der Waals surface area contributed by atoms with Crippen LogP contribution in [0.4, 0.5) is 0 Å². The first-order chi connectivity index (χ1) is 14.9. The van der Waals surface area contributed by atoms with Crippen LogP contribution in [0, 0.1) is 26.7 Å². The highest BCUT2D eigenvalue weighted by atomic mass is 16.5. The highest BCUT2D eigenvalue weighted by molar-refractivity contribution is 5.95. The number of ether oxygens (including phenoxy) is 1. The number of hydrogen-bond acceptors (Lipinski definition) is 4. The molecule has 4 rings (SSSR count). The van der Waals surface area contributed by atoms with Crippen LogP contribution in [0.1, 0.15) is 55.5 Å². The van der Waals surface area contributed by atoms with Gasteiger partial charge in [0.25, 0.3) is 0 Å². The monoisotopic (exact) mass is 418 g/mol. The van der Waals surface area contributed by atoms with Crippen molar-refractivity contribution in [2.75, 3.05) is 6.61 Å². The lowest BCUT2D eigenvalue weighted by Gasteiger charge is -2.29. The third-order valence-electron chi connectivity index (χ3n) is 6.44. The molecule has 5 nitrogen and oxygen atoms in total. The van der Waals surface area contributed by atoms with Gasteiger partial charge < -0.3 is 4.74 Å². The molecule has 1 heterocycles. The van der Waals surface area contributed by atoms with Crippen LogP contribution in [0.2, 0.25) is 0 Å². The Bertz CT molecular complexity index is 1190. The Kier molecular flexibility index (Phi) is 5.94. The number of nitrogens with zero attached hydrogens (tertiary/aromatic N) is 2. The number of aryl methyl sites for hydroxylation is 3. The van der Waals surface area contributed by atoms with Gasteiger partial charge in [-0.1, -0.05) is 35.9 Å². The van der Waals surface area contributed by atoms with Crippen LogP contribution in [0.15, 0.2) is 41.2 Å². The van der Waals surface area contributed by atoms with E-state index in [-0.39, 0.29) is 23.4 Å². The second-order valence-corrected chi connectivity index (χ2v) is 8.63. The zero-order valence-corrected chi connectivity index (χ0v) is 18.8. The summed E-state index contributed by atoms with van der Waals surface area (Å²) in [6, 6.07) is 12.5. The largest absolute Gasteiger partial charge is 0.466 e. The molecule has 0 amide bonds. The topological polar surface area (TPSA) is 61.2 Å². The predicted octanol–water partition coefficient (Wildman–Crippen LogP) is 5.28. The first-order valence-electron chi connectivity index (χ1n) is 11.2. The maximum Gasteiger partial charge on any atom is 0.308 e. The number of carbonyl (C=O) groups excluding carboxylic acids is 1. The van der Waals surface area contributed by atoms with E-state index in [9.17, 15) is 9.59 Å². The molecule has 1 saturated carbocycles. The van der Waals surface area contributed by atoms with Crippen LogP contribution in [0.5, 0.6) is 0 Å². The molecular weight excluding hydrogens is 388 g/mol. The first-order valence-corrected chi connectivity index (χ1v) is 11.2. The summed E-state index contributed by atoms with van der Waals surface area (Å²) < 4.78 is 7.24. The van der Waals surface area contributed by atoms with Gasteiger partial charge in [-0.05, 0) is 76.1 Å². The fraction of sp³-hybridized carbons (Fsp3) is 0.423. The van der Waals surface area contributed by atoms with Crippen LogP contribution in [-0.2, 0) is 9.53 Å². The number of aromatic nitrogens is 2. The number of esters is 1. The van der Waals surface area contributed by atoms with Gasteiger partial charge in [-0.25, -0.2) is 0 Å². The summed E-state index contributed by atoms with van der Waals surface area (Å²) in [5, 5.41) is 5.42. The Morgan fingerprint density at radius 2 is 1.81 bits per heavy atom. The van der Waals surface area contributed by atoms with E-state index in [1.807, 2.05) is 29.8 Å². The second kappa shape index (κ2) is 8.66. The number of benzene rings is 2. The minimum Gasteiger partial charge on any atom is -0.466 e. The third-order valence-corrected chi connectivity index (χ3v) is 6.44. The van der Waals surface area contributed by atoms with Gasteiger partial charge >= 0.3 is 5.97 Å². The quantitative estimate of drug-likeness (QED) is 0.541. The van der Waals surface area contributed by atoms with E-state index in [1.54, 1.807) is 6.92 Å². The van der Waals surface area contributed by atoms with Gasteiger partial charge in [0.2, 0.25) is 5.43 Å². The minimum absolute atomic E-state index is 0.0120. The summed E-state index contributed by atoms with van der Waals surface area (Å²) in [6.07, 6.45) is 3.27. The standard InChI is InChI=1S/C26H30N2O3/c1-5-31-26(30)19-10-12-20(13-11-19)28-23-8-6-7-22(24(23)25(29)18(4)27-28)21-14-9-16(2)15-17(21)3/h6-9,14-15,19-20H,5,10-13H2,1-4H3. The van der Waals surface area contributed by atoms with Crippen LogP contribution in [0.25, 0.3) is 22.0 Å². The number of rotatable bonds is 4. The van der Waals surface area contributed by atoms with Gasteiger partial charge in [-0.2, -0.15) is 5.10 Å². The van der Waals surface area contributed by atoms with Crippen molar-refractivity contribution in [2.45, 2.75) is 59.4 Å². The van der Waals surface area contributed by atoms with Crippen molar-refractivity contribution >= 4 is 16.9 Å². The highest BCUT2D eigenvalue weighted by Crippen LogP contribution is 2.36. The molecule has 1 aromatic heterocycles. The van der Waals surface area contributed by atoms with Crippen molar-refractivity contribution < 1.29 is 9.53 Å². The molecule has 0 radical (unpaired) electrons. The Morgan fingerprint density at radius 3 is 2.48 bits per heavy atom. The molecule has 0 aliphatic heterocycles. The number of hydrogen-bond donors (Lipinski definition) is 0. The van der Waals surface area contributed by atoms with E-state index in [0.717, 1.165) is 53.3 Å². The molecule has 0 saturated heterocycles. The number of fused-ring (bicyclic) bond motifs is 1. The molecule has 2 aromatic carbocycles. The molecule has 31 heavy (non-hydrogen) atoms. The predicted molar refractivity (Wildman–Crippen MR) is 123 cm³/mol. The summed E-state index contributed by atoms with van der Waals surface area (Å²) in [7, 11) is 0. The molecular formula is C26H30N2O3. The molecule has 0 atom stereocenters.